The van der Waals surface area contributed by atoms with Gasteiger partial charge in [-0.25, -0.2) is 0 Å². The maximum atomic E-state index is 10.9. The second kappa shape index (κ2) is 4.28. The van der Waals surface area contributed by atoms with Crippen molar-refractivity contribution in [3.8, 4) is 0 Å². The number of Topliss-reactive ketones (excluding diaryl/α,β-unsaturated/α-hetero) is 1. The third-order valence-corrected chi connectivity index (χ3v) is 1.99. The number of carbonyl (C=O) groups is 1. The fourth-order valence-corrected chi connectivity index (χ4v) is 1.41. The second-order valence-electron chi connectivity index (χ2n) is 3.10. The molecule has 0 saturated carbocycles. The number of anilines is 1. The van der Waals surface area contributed by atoms with Gasteiger partial charge in [0.05, 0.1) is 0 Å². The standard InChI is InChI=1S/C10H12ClNO/c1-7(13)2-8-3-9(6-11)5-10(12)4-8/h3-5H,2,6,12H2,1H3. The second-order valence-corrected chi connectivity index (χ2v) is 3.36. The van der Waals surface area contributed by atoms with E-state index in [4.69, 9.17) is 17.3 Å². The summed E-state index contributed by atoms with van der Waals surface area (Å²) in [7, 11) is 0. The lowest BCUT2D eigenvalue weighted by Crippen LogP contribution is -1.98. The molecule has 1 rings (SSSR count). The Hall–Kier alpha value is -1.02. The molecular formula is C10H12ClNO. The van der Waals surface area contributed by atoms with Crippen molar-refractivity contribution in [2.45, 2.75) is 19.2 Å². The minimum Gasteiger partial charge on any atom is -0.399 e. The molecule has 13 heavy (non-hydrogen) atoms. The lowest BCUT2D eigenvalue weighted by atomic mass is 10.1. The SMILES string of the molecule is CC(=O)Cc1cc(N)cc(CCl)c1. The van der Waals surface area contributed by atoms with Gasteiger partial charge in [-0.05, 0) is 30.2 Å². The van der Waals surface area contributed by atoms with E-state index < -0.39 is 0 Å². The molecule has 70 valence electrons. The van der Waals surface area contributed by atoms with Crippen molar-refractivity contribution in [2.75, 3.05) is 5.73 Å². The zero-order chi connectivity index (χ0) is 9.84. The fraction of sp³-hybridized carbons (Fsp3) is 0.300. The van der Waals surface area contributed by atoms with Crippen LogP contribution in [0, 0.1) is 0 Å². The molecule has 2 nitrogen and oxygen atoms in total. The molecule has 0 saturated heterocycles. The third-order valence-electron chi connectivity index (χ3n) is 1.68. The molecule has 1 aromatic rings. The van der Waals surface area contributed by atoms with Crippen LogP contribution < -0.4 is 5.73 Å². The van der Waals surface area contributed by atoms with Crippen LogP contribution in [0.5, 0.6) is 0 Å². The van der Waals surface area contributed by atoms with E-state index in [0.29, 0.717) is 18.0 Å². The molecule has 0 aliphatic carbocycles. The van der Waals surface area contributed by atoms with E-state index >= 15 is 0 Å². The summed E-state index contributed by atoms with van der Waals surface area (Å²) in [5.41, 5.74) is 8.19. The van der Waals surface area contributed by atoms with Crippen LogP contribution in [0.3, 0.4) is 0 Å². The molecule has 3 heteroatoms. The van der Waals surface area contributed by atoms with Gasteiger partial charge in [0.1, 0.15) is 5.78 Å². The minimum absolute atomic E-state index is 0.131. The number of hydrogen-bond acceptors (Lipinski definition) is 2. The highest BCUT2D eigenvalue weighted by Gasteiger charge is 2.00. The number of carbonyl (C=O) groups excluding carboxylic acids is 1. The normalized spacial score (nSPS) is 10.0. The highest BCUT2D eigenvalue weighted by Crippen LogP contribution is 2.14. The molecule has 0 radical (unpaired) electrons. The van der Waals surface area contributed by atoms with Crippen molar-refractivity contribution in [1.82, 2.24) is 0 Å². The molecule has 0 aliphatic rings. The van der Waals surface area contributed by atoms with E-state index in [-0.39, 0.29) is 5.78 Å². The molecule has 0 amide bonds. The quantitative estimate of drug-likeness (QED) is 0.596. The first-order chi connectivity index (χ1) is 6.11. The van der Waals surface area contributed by atoms with E-state index in [1.54, 1.807) is 13.0 Å². The number of benzene rings is 1. The average Bonchev–Trinajstić information content (AvgIpc) is 2.01. The summed E-state index contributed by atoms with van der Waals surface area (Å²) in [5.74, 6) is 0.557. The van der Waals surface area contributed by atoms with Crippen molar-refractivity contribution in [2.24, 2.45) is 0 Å². The molecule has 0 aliphatic heterocycles. The van der Waals surface area contributed by atoms with Crippen LogP contribution in [0.2, 0.25) is 0 Å². The van der Waals surface area contributed by atoms with Gasteiger partial charge in [-0.2, -0.15) is 0 Å². The smallest absolute Gasteiger partial charge is 0.134 e. The van der Waals surface area contributed by atoms with E-state index in [1.165, 1.54) is 0 Å². The van der Waals surface area contributed by atoms with Crippen LogP contribution >= 0.6 is 11.6 Å². The van der Waals surface area contributed by atoms with Gasteiger partial charge in [-0.3, -0.25) is 4.79 Å². The Balaban J connectivity index is 2.94. The highest BCUT2D eigenvalue weighted by atomic mass is 35.5. The van der Waals surface area contributed by atoms with Gasteiger partial charge >= 0.3 is 0 Å². The molecule has 2 N–H and O–H groups in total. The number of nitrogen functional groups attached to an aromatic ring is 1. The van der Waals surface area contributed by atoms with Gasteiger partial charge in [0.15, 0.2) is 0 Å². The molecule has 0 fully saturated rings. The number of halogens is 1. The number of hydrogen-bond donors (Lipinski definition) is 1. The largest absolute Gasteiger partial charge is 0.399 e. The maximum Gasteiger partial charge on any atom is 0.134 e. The van der Waals surface area contributed by atoms with Crippen molar-refractivity contribution >= 4 is 23.1 Å². The summed E-state index contributed by atoms with van der Waals surface area (Å²) in [6.07, 6.45) is 0.426. The van der Waals surface area contributed by atoms with Crippen molar-refractivity contribution in [3.63, 3.8) is 0 Å². The highest BCUT2D eigenvalue weighted by molar-refractivity contribution is 6.17. The molecule has 0 aromatic heterocycles. The van der Waals surface area contributed by atoms with E-state index in [1.807, 2.05) is 12.1 Å². The van der Waals surface area contributed by atoms with Crippen molar-refractivity contribution in [1.29, 1.82) is 0 Å². The molecule has 0 atom stereocenters. The van der Waals surface area contributed by atoms with Crippen LogP contribution in [-0.2, 0) is 17.1 Å². The zero-order valence-corrected chi connectivity index (χ0v) is 8.27. The van der Waals surface area contributed by atoms with Crippen LogP contribution in [-0.4, -0.2) is 5.78 Å². The van der Waals surface area contributed by atoms with E-state index in [2.05, 4.69) is 0 Å². The Bertz CT molecular complexity index is 323. The van der Waals surface area contributed by atoms with Gasteiger partial charge in [0.2, 0.25) is 0 Å². The van der Waals surface area contributed by atoms with E-state index in [0.717, 1.165) is 11.1 Å². The van der Waals surface area contributed by atoms with Crippen molar-refractivity contribution in [3.05, 3.63) is 29.3 Å². The summed E-state index contributed by atoms with van der Waals surface area (Å²) in [5, 5.41) is 0. The molecule has 0 bridgehead atoms. The summed E-state index contributed by atoms with van der Waals surface area (Å²) >= 11 is 5.67. The van der Waals surface area contributed by atoms with Crippen LogP contribution in [0.4, 0.5) is 5.69 Å². The first kappa shape index (κ1) is 10.1. The summed E-state index contributed by atoms with van der Waals surface area (Å²) in [6, 6.07) is 5.53. The Morgan fingerprint density at radius 3 is 2.54 bits per heavy atom. The zero-order valence-electron chi connectivity index (χ0n) is 7.51. The lowest BCUT2D eigenvalue weighted by molar-refractivity contribution is -0.116. The third kappa shape index (κ3) is 3.07. The van der Waals surface area contributed by atoms with Gasteiger partial charge in [-0.1, -0.05) is 6.07 Å². The van der Waals surface area contributed by atoms with Crippen LogP contribution in [0.15, 0.2) is 18.2 Å². The van der Waals surface area contributed by atoms with Gasteiger partial charge < -0.3 is 5.73 Å². The molecule has 0 unspecified atom stereocenters. The average molecular weight is 198 g/mol. The maximum absolute atomic E-state index is 10.9. The Morgan fingerprint density at radius 2 is 2.00 bits per heavy atom. The van der Waals surface area contributed by atoms with Gasteiger partial charge in [0, 0.05) is 18.0 Å². The monoisotopic (exact) mass is 197 g/mol. The lowest BCUT2D eigenvalue weighted by Gasteiger charge is -2.03. The van der Waals surface area contributed by atoms with Gasteiger partial charge in [-0.15, -0.1) is 11.6 Å². The summed E-state index contributed by atoms with van der Waals surface area (Å²) in [6.45, 7) is 1.56. The summed E-state index contributed by atoms with van der Waals surface area (Å²) in [4.78, 5) is 10.9. The van der Waals surface area contributed by atoms with E-state index in [9.17, 15) is 4.79 Å². The number of rotatable bonds is 3. The molecule has 0 spiro atoms. The first-order valence-electron chi connectivity index (χ1n) is 4.05. The van der Waals surface area contributed by atoms with Gasteiger partial charge in [0.25, 0.3) is 0 Å². The summed E-state index contributed by atoms with van der Waals surface area (Å²) < 4.78 is 0. The predicted molar refractivity (Wildman–Crippen MR) is 54.8 cm³/mol. The minimum atomic E-state index is 0.131. The molecular weight excluding hydrogens is 186 g/mol. The molecule has 0 heterocycles. The van der Waals surface area contributed by atoms with Crippen LogP contribution in [0.25, 0.3) is 0 Å². The number of alkyl halides is 1. The predicted octanol–water partition coefficient (Wildman–Crippen LogP) is 2.14. The Kier molecular flexibility index (Phi) is 3.32. The Morgan fingerprint density at radius 1 is 1.38 bits per heavy atom. The number of ketones is 1. The molecule has 1 aromatic carbocycles. The van der Waals surface area contributed by atoms with Crippen LogP contribution in [0.1, 0.15) is 18.1 Å². The number of nitrogens with two attached hydrogens (primary N) is 1. The fourth-order valence-electron chi connectivity index (χ4n) is 1.26. The Labute approximate surface area is 82.7 Å². The first-order valence-corrected chi connectivity index (χ1v) is 4.59. The topological polar surface area (TPSA) is 43.1 Å². The van der Waals surface area contributed by atoms with Crippen molar-refractivity contribution < 1.29 is 4.79 Å².